The Morgan fingerprint density at radius 2 is 1.83 bits per heavy atom. The summed E-state index contributed by atoms with van der Waals surface area (Å²) in [6.07, 6.45) is 4.31. The van der Waals surface area contributed by atoms with Gasteiger partial charge in [-0.2, -0.15) is 0 Å². The van der Waals surface area contributed by atoms with E-state index >= 15 is 0 Å². The lowest BCUT2D eigenvalue weighted by atomic mass is 9.76. The first-order valence-corrected chi connectivity index (χ1v) is 8.09. The van der Waals surface area contributed by atoms with Gasteiger partial charge in [-0.1, -0.05) is 24.3 Å². The fourth-order valence-corrected chi connectivity index (χ4v) is 3.01. The molecule has 0 fully saturated rings. The molecule has 0 saturated heterocycles. The molecule has 0 spiro atoms. The Morgan fingerprint density at radius 1 is 1.17 bits per heavy atom. The number of rotatable bonds is 5. The van der Waals surface area contributed by atoms with Crippen molar-refractivity contribution in [1.29, 1.82) is 0 Å². The number of ketones is 1. The number of carboxylic acid groups (broad SMARTS) is 2. The van der Waals surface area contributed by atoms with E-state index in [0.717, 1.165) is 4.90 Å². The van der Waals surface area contributed by atoms with Crippen molar-refractivity contribution in [2.75, 3.05) is 6.26 Å². The molecule has 0 aliphatic heterocycles. The van der Waals surface area contributed by atoms with E-state index in [2.05, 4.69) is 0 Å². The molecule has 0 amide bonds. The third-order valence-electron chi connectivity index (χ3n) is 3.83. The molecule has 2 N–H and O–H groups in total. The van der Waals surface area contributed by atoms with Gasteiger partial charge in [-0.3, -0.25) is 9.59 Å². The van der Waals surface area contributed by atoms with E-state index in [0.29, 0.717) is 5.56 Å². The van der Waals surface area contributed by atoms with Crippen molar-refractivity contribution >= 4 is 29.5 Å². The summed E-state index contributed by atoms with van der Waals surface area (Å²) in [5.74, 6) is -2.80. The number of carbonyl (C=O) groups is 3. The van der Waals surface area contributed by atoms with Crippen molar-refractivity contribution in [2.24, 2.45) is 5.41 Å². The Kier molecular flexibility index (Phi) is 4.75. The summed E-state index contributed by atoms with van der Waals surface area (Å²) < 4.78 is 0. The minimum absolute atomic E-state index is 0.0396. The quantitative estimate of drug-likeness (QED) is 0.636. The minimum Gasteiger partial charge on any atom is -0.481 e. The minimum atomic E-state index is -1.32. The van der Waals surface area contributed by atoms with Gasteiger partial charge in [-0.25, -0.2) is 4.79 Å². The number of aliphatic carboxylic acids is 2. The topological polar surface area (TPSA) is 91.7 Å². The highest BCUT2D eigenvalue weighted by atomic mass is 32.2. The van der Waals surface area contributed by atoms with Crippen molar-refractivity contribution in [2.45, 2.75) is 18.2 Å². The highest BCUT2D eigenvalue weighted by molar-refractivity contribution is 7.98. The Morgan fingerprint density at radius 3 is 2.39 bits per heavy atom. The van der Waals surface area contributed by atoms with Crippen molar-refractivity contribution in [1.82, 2.24) is 0 Å². The Balaban J connectivity index is 2.52. The molecular weight excluding hydrogens is 316 g/mol. The number of hydrogen-bond donors (Lipinski definition) is 2. The smallest absolute Gasteiger partial charge is 0.332 e. The van der Waals surface area contributed by atoms with Crippen LogP contribution in [0.15, 0.2) is 52.5 Å². The van der Waals surface area contributed by atoms with Crippen LogP contribution in [0, 0.1) is 5.41 Å². The maximum absolute atomic E-state index is 12.7. The van der Waals surface area contributed by atoms with Gasteiger partial charge in [0.15, 0.2) is 5.78 Å². The zero-order valence-corrected chi connectivity index (χ0v) is 13.5. The maximum atomic E-state index is 12.7. The third-order valence-corrected chi connectivity index (χ3v) is 4.63. The zero-order chi connectivity index (χ0) is 17.2. The molecule has 0 heterocycles. The van der Waals surface area contributed by atoms with Crippen LogP contribution in [0.5, 0.6) is 0 Å². The lowest BCUT2D eigenvalue weighted by Crippen LogP contribution is -2.31. The number of benzene rings is 1. The Hall–Kier alpha value is -2.34. The van der Waals surface area contributed by atoms with Gasteiger partial charge >= 0.3 is 11.9 Å². The fraction of sp³-hybridized carbons (Fsp3) is 0.235. The standard InChI is InChI=1S/C17H16O5S/c1-17(16(21)22)8-7-10(12(9-17)15(19)20)14(18)11-5-3-4-6-13(11)23-2/h3-8H,9H2,1-2H3,(H,19,20)(H,21,22). The molecular formula is C17H16O5S. The summed E-state index contributed by atoms with van der Waals surface area (Å²) in [7, 11) is 0. The van der Waals surface area contributed by atoms with Gasteiger partial charge in [0.05, 0.1) is 5.41 Å². The molecule has 5 nitrogen and oxygen atoms in total. The molecule has 1 unspecified atom stereocenters. The van der Waals surface area contributed by atoms with Crippen LogP contribution in [0.25, 0.3) is 0 Å². The molecule has 0 aromatic heterocycles. The molecule has 23 heavy (non-hydrogen) atoms. The van der Waals surface area contributed by atoms with Crippen LogP contribution in [-0.4, -0.2) is 34.2 Å². The number of allylic oxidation sites excluding steroid dienone is 2. The van der Waals surface area contributed by atoms with E-state index in [9.17, 15) is 24.6 Å². The van der Waals surface area contributed by atoms with E-state index < -0.39 is 23.1 Å². The molecule has 120 valence electrons. The normalized spacial score (nSPS) is 20.4. The number of hydrogen-bond acceptors (Lipinski definition) is 4. The van der Waals surface area contributed by atoms with Crippen LogP contribution >= 0.6 is 11.8 Å². The average molecular weight is 332 g/mol. The monoisotopic (exact) mass is 332 g/mol. The number of Topliss-reactive ketones (excluding diaryl/α,β-unsaturated/α-hetero) is 1. The summed E-state index contributed by atoms with van der Waals surface area (Å²) >= 11 is 1.39. The first-order valence-electron chi connectivity index (χ1n) is 6.87. The summed E-state index contributed by atoms with van der Waals surface area (Å²) in [6, 6.07) is 6.93. The number of thioether (sulfide) groups is 1. The Labute approximate surface area is 137 Å². The van der Waals surface area contributed by atoms with Gasteiger partial charge in [0.2, 0.25) is 0 Å². The third kappa shape index (κ3) is 3.22. The van der Waals surface area contributed by atoms with Crippen LogP contribution in [-0.2, 0) is 9.59 Å². The van der Waals surface area contributed by atoms with Crippen LogP contribution in [0.3, 0.4) is 0 Å². The molecule has 1 aliphatic carbocycles. The first-order chi connectivity index (χ1) is 10.8. The molecule has 0 bridgehead atoms. The largest absolute Gasteiger partial charge is 0.481 e. The molecule has 6 heteroatoms. The van der Waals surface area contributed by atoms with Gasteiger partial charge in [-0.05, 0) is 31.7 Å². The molecule has 0 saturated carbocycles. The summed E-state index contributed by atoms with van der Waals surface area (Å²) in [6.45, 7) is 1.44. The predicted octanol–water partition coefficient (Wildman–Crippen LogP) is 3.02. The SMILES string of the molecule is CSc1ccccc1C(=O)C1=C(C(=O)O)CC(C)(C(=O)O)C=C1. The van der Waals surface area contributed by atoms with E-state index in [1.54, 1.807) is 24.3 Å². The van der Waals surface area contributed by atoms with Crippen LogP contribution in [0.1, 0.15) is 23.7 Å². The molecule has 1 aromatic rings. The van der Waals surface area contributed by atoms with Gasteiger partial charge in [-0.15, -0.1) is 11.8 Å². The van der Waals surface area contributed by atoms with E-state index in [1.807, 2.05) is 6.26 Å². The van der Waals surface area contributed by atoms with E-state index in [1.165, 1.54) is 30.8 Å². The maximum Gasteiger partial charge on any atom is 0.332 e. The van der Waals surface area contributed by atoms with E-state index in [4.69, 9.17) is 0 Å². The van der Waals surface area contributed by atoms with Crippen molar-refractivity contribution in [3.05, 3.63) is 53.1 Å². The molecule has 1 aliphatic rings. The van der Waals surface area contributed by atoms with E-state index in [-0.39, 0.29) is 17.6 Å². The second-order valence-electron chi connectivity index (χ2n) is 5.46. The summed E-state index contributed by atoms with van der Waals surface area (Å²) in [5, 5.41) is 18.7. The van der Waals surface area contributed by atoms with Gasteiger partial charge in [0.1, 0.15) is 0 Å². The first kappa shape index (κ1) is 17.0. The summed E-state index contributed by atoms with van der Waals surface area (Å²) in [5.41, 5.74) is -1.04. The van der Waals surface area contributed by atoms with Crippen molar-refractivity contribution in [3.63, 3.8) is 0 Å². The Bertz CT molecular complexity index is 747. The van der Waals surface area contributed by atoms with Gasteiger partial charge in [0, 0.05) is 21.6 Å². The van der Waals surface area contributed by atoms with Crippen LogP contribution in [0.4, 0.5) is 0 Å². The highest BCUT2D eigenvalue weighted by Crippen LogP contribution is 2.36. The molecule has 1 atom stereocenters. The number of carbonyl (C=O) groups excluding carboxylic acids is 1. The molecule has 1 aromatic carbocycles. The van der Waals surface area contributed by atoms with Crippen LogP contribution in [0.2, 0.25) is 0 Å². The zero-order valence-electron chi connectivity index (χ0n) is 12.7. The van der Waals surface area contributed by atoms with Gasteiger partial charge in [0.25, 0.3) is 0 Å². The average Bonchev–Trinajstić information content (AvgIpc) is 2.53. The number of carboxylic acids is 2. The molecule has 2 rings (SSSR count). The van der Waals surface area contributed by atoms with Crippen molar-refractivity contribution < 1.29 is 24.6 Å². The lowest BCUT2D eigenvalue weighted by Gasteiger charge is -2.26. The van der Waals surface area contributed by atoms with Crippen LogP contribution < -0.4 is 0 Å². The summed E-state index contributed by atoms with van der Waals surface area (Å²) in [4.78, 5) is 36.3. The lowest BCUT2D eigenvalue weighted by molar-refractivity contribution is -0.145. The van der Waals surface area contributed by atoms with Crippen molar-refractivity contribution in [3.8, 4) is 0 Å². The molecule has 0 radical (unpaired) electrons. The second-order valence-corrected chi connectivity index (χ2v) is 6.31. The second kappa shape index (κ2) is 6.42. The highest BCUT2D eigenvalue weighted by Gasteiger charge is 2.38. The fourth-order valence-electron chi connectivity index (χ4n) is 2.42. The van der Waals surface area contributed by atoms with Gasteiger partial charge < -0.3 is 10.2 Å². The predicted molar refractivity (Wildman–Crippen MR) is 86.7 cm³/mol.